The molecule has 3 aromatic rings. The average molecular weight is 286 g/mol. The normalized spacial score (nSPS) is 13.0. The van der Waals surface area contributed by atoms with Crippen molar-refractivity contribution in [2.45, 2.75) is 19.4 Å². The van der Waals surface area contributed by atoms with E-state index in [1.165, 1.54) is 0 Å². The summed E-state index contributed by atoms with van der Waals surface area (Å²) in [6.07, 6.45) is 1.75. The van der Waals surface area contributed by atoms with Crippen molar-refractivity contribution in [3.05, 3.63) is 70.1 Å². The van der Waals surface area contributed by atoms with Crippen molar-refractivity contribution in [2.75, 3.05) is 0 Å². The Labute approximate surface area is 128 Å². The quantitative estimate of drug-likeness (QED) is 0.687. The molecule has 0 atom stereocenters. The number of nitriles is 1. The third-order valence-corrected chi connectivity index (χ3v) is 4.38. The number of aromatic nitrogens is 1. The first-order chi connectivity index (χ1) is 10.8. The Kier molecular flexibility index (Phi) is 2.83. The van der Waals surface area contributed by atoms with Crippen LogP contribution < -0.4 is 5.56 Å². The van der Waals surface area contributed by atoms with Gasteiger partial charge in [0, 0.05) is 17.8 Å². The molecule has 0 saturated heterocycles. The predicted molar refractivity (Wildman–Crippen MR) is 86.7 cm³/mol. The minimum Gasteiger partial charge on any atom is -0.311 e. The molecule has 0 fully saturated rings. The standard InChI is InChI=1S/C19H14N2O/c20-12-16-11-17(19(22)21-9-3-6-18(16)21)15-8-7-13-4-1-2-5-14(13)10-15/h1-2,4-5,7-8,10-11H,3,6,9H2. The maximum atomic E-state index is 12.7. The second-order valence-corrected chi connectivity index (χ2v) is 5.65. The van der Waals surface area contributed by atoms with Crippen LogP contribution in [-0.2, 0) is 13.0 Å². The Hall–Kier alpha value is -2.86. The number of pyridine rings is 1. The summed E-state index contributed by atoms with van der Waals surface area (Å²) in [6.45, 7) is 0.713. The molecule has 0 radical (unpaired) electrons. The third kappa shape index (κ3) is 1.85. The molecule has 0 spiro atoms. The molecule has 1 aromatic heterocycles. The van der Waals surface area contributed by atoms with E-state index in [0.717, 1.165) is 34.9 Å². The lowest BCUT2D eigenvalue weighted by Gasteiger charge is -2.10. The summed E-state index contributed by atoms with van der Waals surface area (Å²) in [5.74, 6) is 0. The molecule has 2 heterocycles. The molecule has 106 valence electrons. The van der Waals surface area contributed by atoms with Crippen molar-refractivity contribution >= 4 is 10.8 Å². The minimum atomic E-state index is 0.0155. The first-order valence-corrected chi connectivity index (χ1v) is 7.44. The minimum absolute atomic E-state index is 0.0155. The van der Waals surface area contributed by atoms with Crippen LogP contribution in [0.3, 0.4) is 0 Å². The highest BCUT2D eigenvalue weighted by atomic mass is 16.1. The summed E-state index contributed by atoms with van der Waals surface area (Å²) in [4.78, 5) is 12.7. The van der Waals surface area contributed by atoms with Gasteiger partial charge in [0.15, 0.2) is 0 Å². The molecular formula is C19H14N2O. The van der Waals surface area contributed by atoms with Crippen molar-refractivity contribution in [1.82, 2.24) is 4.57 Å². The second-order valence-electron chi connectivity index (χ2n) is 5.65. The number of hydrogen-bond acceptors (Lipinski definition) is 2. The second kappa shape index (κ2) is 4.85. The van der Waals surface area contributed by atoms with E-state index in [0.29, 0.717) is 17.7 Å². The smallest absolute Gasteiger partial charge is 0.258 e. The van der Waals surface area contributed by atoms with Gasteiger partial charge in [0.2, 0.25) is 0 Å². The molecule has 3 nitrogen and oxygen atoms in total. The maximum absolute atomic E-state index is 12.7. The molecule has 1 aliphatic rings. The zero-order valence-corrected chi connectivity index (χ0v) is 12.0. The van der Waals surface area contributed by atoms with Gasteiger partial charge in [0.25, 0.3) is 5.56 Å². The molecule has 0 unspecified atom stereocenters. The largest absolute Gasteiger partial charge is 0.311 e. The topological polar surface area (TPSA) is 45.8 Å². The van der Waals surface area contributed by atoms with Crippen LogP contribution in [0.2, 0.25) is 0 Å². The van der Waals surface area contributed by atoms with E-state index in [1.54, 1.807) is 10.6 Å². The fourth-order valence-electron chi connectivity index (χ4n) is 3.27. The molecular weight excluding hydrogens is 272 g/mol. The molecule has 2 aromatic carbocycles. The van der Waals surface area contributed by atoms with Crippen molar-refractivity contribution in [3.63, 3.8) is 0 Å². The van der Waals surface area contributed by atoms with Crippen LogP contribution in [0.25, 0.3) is 21.9 Å². The Balaban J connectivity index is 1.99. The maximum Gasteiger partial charge on any atom is 0.258 e. The van der Waals surface area contributed by atoms with E-state index in [4.69, 9.17) is 0 Å². The van der Waals surface area contributed by atoms with Gasteiger partial charge in [-0.2, -0.15) is 5.26 Å². The number of nitrogens with zero attached hydrogens (tertiary/aromatic N) is 2. The zero-order valence-electron chi connectivity index (χ0n) is 12.0. The average Bonchev–Trinajstić information content (AvgIpc) is 3.05. The first-order valence-electron chi connectivity index (χ1n) is 7.44. The Bertz CT molecular complexity index is 992. The summed E-state index contributed by atoms with van der Waals surface area (Å²) >= 11 is 0. The molecule has 0 N–H and O–H groups in total. The zero-order chi connectivity index (χ0) is 15.1. The van der Waals surface area contributed by atoms with Crippen molar-refractivity contribution in [2.24, 2.45) is 0 Å². The van der Waals surface area contributed by atoms with Gasteiger partial charge in [-0.1, -0.05) is 36.4 Å². The summed E-state index contributed by atoms with van der Waals surface area (Å²) in [7, 11) is 0. The van der Waals surface area contributed by atoms with Gasteiger partial charge in [-0.05, 0) is 41.3 Å². The van der Waals surface area contributed by atoms with E-state index in [2.05, 4.69) is 12.1 Å². The number of hydrogen-bond donors (Lipinski definition) is 0. The molecule has 3 heteroatoms. The van der Waals surface area contributed by atoms with Gasteiger partial charge in [-0.3, -0.25) is 4.79 Å². The fourth-order valence-corrected chi connectivity index (χ4v) is 3.27. The summed E-state index contributed by atoms with van der Waals surface area (Å²) in [5.41, 5.74) is 3.02. The SMILES string of the molecule is N#Cc1cc(-c2ccc3ccccc3c2)c(=O)n2c1CCC2. The van der Waals surface area contributed by atoms with Gasteiger partial charge in [0.05, 0.1) is 5.56 Å². The van der Waals surface area contributed by atoms with E-state index >= 15 is 0 Å². The highest BCUT2D eigenvalue weighted by Crippen LogP contribution is 2.25. The van der Waals surface area contributed by atoms with Gasteiger partial charge in [0.1, 0.15) is 6.07 Å². The van der Waals surface area contributed by atoms with Crippen LogP contribution in [0.1, 0.15) is 17.7 Å². The number of fused-ring (bicyclic) bond motifs is 2. The fraction of sp³-hybridized carbons (Fsp3) is 0.158. The molecule has 1 aliphatic heterocycles. The van der Waals surface area contributed by atoms with Crippen molar-refractivity contribution in [3.8, 4) is 17.2 Å². The lowest BCUT2D eigenvalue weighted by atomic mass is 10.0. The van der Waals surface area contributed by atoms with E-state index < -0.39 is 0 Å². The molecule has 0 saturated carbocycles. The highest BCUT2D eigenvalue weighted by molar-refractivity contribution is 5.87. The highest BCUT2D eigenvalue weighted by Gasteiger charge is 2.19. The Morgan fingerprint density at radius 1 is 1.05 bits per heavy atom. The van der Waals surface area contributed by atoms with Crippen LogP contribution in [0.15, 0.2) is 53.3 Å². The van der Waals surface area contributed by atoms with Gasteiger partial charge < -0.3 is 4.57 Å². The van der Waals surface area contributed by atoms with Gasteiger partial charge in [-0.15, -0.1) is 0 Å². The lowest BCUT2D eigenvalue weighted by Crippen LogP contribution is -2.22. The van der Waals surface area contributed by atoms with Crippen LogP contribution in [0.4, 0.5) is 0 Å². The Morgan fingerprint density at radius 2 is 1.86 bits per heavy atom. The summed E-state index contributed by atoms with van der Waals surface area (Å²) in [5, 5.41) is 11.6. The van der Waals surface area contributed by atoms with Gasteiger partial charge >= 0.3 is 0 Å². The Morgan fingerprint density at radius 3 is 2.68 bits per heavy atom. The molecule has 0 amide bonds. The molecule has 4 rings (SSSR count). The van der Waals surface area contributed by atoms with Crippen LogP contribution in [0, 0.1) is 11.3 Å². The lowest BCUT2D eigenvalue weighted by molar-refractivity contribution is 0.722. The predicted octanol–water partition coefficient (Wildman–Crippen LogP) is 3.49. The molecule has 22 heavy (non-hydrogen) atoms. The van der Waals surface area contributed by atoms with E-state index in [-0.39, 0.29) is 5.56 Å². The van der Waals surface area contributed by atoms with Crippen LogP contribution >= 0.6 is 0 Å². The van der Waals surface area contributed by atoms with Crippen LogP contribution in [0.5, 0.6) is 0 Å². The molecule has 0 bridgehead atoms. The monoisotopic (exact) mass is 286 g/mol. The first kappa shape index (κ1) is 12.8. The number of rotatable bonds is 1. The van der Waals surface area contributed by atoms with Gasteiger partial charge in [-0.25, -0.2) is 0 Å². The van der Waals surface area contributed by atoms with E-state index in [1.807, 2.05) is 36.4 Å². The van der Waals surface area contributed by atoms with Crippen molar-refractivity contribution < 1.29 is 0 Å². The van der Waals surface area contributed by atoms with Crippen LogP contribution in [-0.4, -0.2) is 4.57 Å². The summed E-state index contributed by atoms with van der Waals surface area (Å²) in [6, 6.07) is 18.1. The van der Waals surface area contributed by atoms with E-state index in [9.17, 15) is 10.1 Å². The summed E-state index contributed by atoms with van der Waals surface area (Å²) < 4.78 is 1.77. The van der Waals surface area contributed by atoms with Crippen molar-refractivity contribution in [1.29, 1.82) is 5.26 Å². The third-order valence-electron chi connectivity index (χ3n) is 4.38. The molecule has 0 aliphatic carbocycles. The number of benzene rings is 2.